The fourth-order valence-corrected chi connectivity index (χ4v) is 1.76. The molecule has 3 nitrogen and oxygen atoms in total. The van der Waals surface area contributed by atoms with E-state index in [2.05, 4.69) is 0 Å². The van der Waals surface area contributed by atoms with Crippen molar-refractivity contribution in [3.05, 3.63) is 36.4 Å². The molecule has 0 fully saturated rings. The summed E-state index contributed by atoms with van der Waals surface area (Å²) < 4.78 is 4.76. The van der Waals surface area contributed by atoms with Crippen LogP contribution >= 0.6 is 11.8 Å². The first-order chi connectivity index (χ1) is 7.72. The monoisotopic (exact) mass is 237 g/mol. The van der Waals surface area contributed by atoms with Gasteiger partial charge in [0, 0.05) is 22.4 Å². The number of benzene rings is 1. The molecule has 4 heteroatoms. The van der Waals surface area contributed by atoms with Gasteiger partial charge in [-0.15, -0.1) is 11.8 Å². The van der Waals surface area contributed by atoms with Gasteiger partial charge >= 0.3 is 5.97 Å². The zero-order chi connectivity index (χ0) is 11.8. The molecule has 86 valence electrons. The van der Waals surface area contributed by atoms with Gasteiger partial charge < -0.3 is 10.5 Å². The number of ether oxygens (including phenoxy) is 1. The van der Waals surface area contributed by atoms with Crippen molar-refractivity contribution >= 4 is 23.4 Å². The second-order valence-corrected chi connectivity index (χ2v) is 4.13. The van der Waals surface area contributed by atoms with E-state index in [4.69, 9.17) is 10.5 Å². The Labute approximate surface area is 99.7 Å². The van der Waals surface area contributed by atoms with Gasteiger partial charge in [0.1, 0.15) is 0 Å². The van der Waals surface area contributed by atoms with Gasteiger partial charge in [-0.3, -0.25) is 0 Å². The minimum atomic E-state index is -0.291. The quantitative estimate of drug-likeness (QED) is 0.370. The number of esters is 1. The molecule has 0 saturated carbocycles. The van der Waals surface area contributed by atoms with E-state index in [9.17, 15) is 4.79 Å². The van der Waals surface area contributed by atoms with Crippen molar-refractivity contribution in [2.45, 2.75) is 11.8 Å². The lowest BCUT2D eigenvalue weighted by Crippen LogP contribution is -1.98. The van der Waals surface area contributed by atoms with Crippen LogP contribution in [0.15, 0.2) is 41.3 Å². The predicted molar refractivity (Wildman–Crippen MR) is 67.4 cm³/mol. The number of rotatable bonds is 5. The summed E-state index contributed by atoms with van der Waals surface area (Å²) in [6, 6.07) is 7.63. The lowest BCUT2D eigenvalue weighted by molar-refractivity contribution is -0.137. The highest BCUT2D eigenvalue weighted by Crippen LogP contribution is 2.18. The van der Waals surface area contributed by atoms with Crippen LogP contribution in [0.25, 0.3) is 0 Å². The zero-order valence-electron chi connectivity index (χ0n) is 9.18. The third-order valence-corrected chi connectivity index (χ3v) is 2.73. The molecule has 0 aliphatic carbocycles. The number of hydrogen-bond donors (Lipinski definition) is 1. The lowest BCUT2D eigenvalue weighted by Gasteiger charge is -1.98. The van der Waals surface area contributed by atoms with Crippen LogP contribution in [-0.2, 0) is 9.53 Å². The summed E-state index contributed by atoms with van der Waals surface area (Å²) in [5, 5.41) is 0. The van der Waals surface area contributed by atoms with Crippen molar-refractivity contribution in [2.24, 2.45) is 0 Å². The Hall–Kier alpha value is -1.42. The Morgan fingerprint density at radius 1 is 1.44 bits per heavy atom. The van der Waals surface area contributed by atoms with Crippen molar-refractivity contribution in [1.29, 1.82) is 0 Å². The number of carbonyl (C=O) groups is 1. The van der Waals surface area contributed by atoms with Gasteiger partial charge in [0.15, 0.2) is 0 Å². The number of carbonyl (C=O) groups excluding carboxylic acids is 1. The van der Waals surface area contributed by atoms with E-state index in [1.165, 1.54) is 6.08 Å². The third kappa shape index (κ3) is 4.89. The van der Waals surface area contributed by atoms with Crippen LogP contribution in [0, 0.1) is 0 Å². The van der Waals surface area contributed by atoms with Gasteiger partial charge in [-0.25, -0.2) is 4.79 Å². The lowest BCUT2D eigenvalue weighted by atomic mass is 10.3. The van der Waals surface area contributed by atoms with E-state index < -0.39 is 0 Å². The zero-order valence-corrected chi connectivity index (χ0v) is 10.00. The number of hydrogen-bond acceptors (Lipinski definition) is 4. The number of thioether (sulfide) groups is 1. The molecule has 0 spiro atoms. The van der Waals surface area contributed by atoms with Gasteiger partial charge in [-0.05, 0) is 31.2 Å². The van der Waals surface area contributed by atoms with Crippen LogP contribution in [0.2, 0.25) is 0 Å². The minimum absolute atomic E-state index is 0.291. The number of nitrogen functional groups attached to an aromatic ring is 1. The maximum atomic E-state index is 11.0. The predicted octanol–water partition coefficient (Wildman–Crippen LogP) is 2.48. The molecular formula is C12H15NO2S. The van der Waals surface area contributed by atoms with Crippen molar-refractivity contribution < 1.29 is 9.53 Å². The Balaban J connectivity index is 2.30. The first-order valence-corrected chi connectivity index (χ1v) is 6.02. The molecule has 1 aromatic rings. The average Bonchev–Trinajstić information content (AvgIpc) is 2.27. The van der Waals surface area contributed by atoms with Crippen molar-refractivity contribution in [3.63, 3.8) is 0 Å². The SMILES string of the molecule is CCOC(=O)C=CCSc1ccc(N)cc1. The summed E-state index contributed by atoms with van der Waals surface area (Å²) in [6.07, 6.45) is 3.24. The standard InChI is InChI=1S/C12H15NO2S/c1-2-15-12(14)4-3-9-16-11-7-5-10(13)6-8-11/h3-8H,2,9,13H2,1H3. The Morgan fingerprint density at radius 3 is 2.75 bits per heavy atom. The topological polar surface area (TPSA) is 52.3 Å². The van der Waals surface area contributed by atoms with E-state index in [0.29, 0.717) is 6.61 Å². The molecule has 0 aliphatic heterocycles. The molecule has 1 aromatic carbocycles. The maximum absolute atomic E-state index is 11.0. The summed E-state index contributed by atoms with van der Waals surface area (Å²) in [6.45, 7) is 2.20. The second kappa shape index (κ2) is 6.95. The fourth-order valence-electron chi connectivity index (χ4n) is 1.04. The van der Waals surface area contributed by atoms with Crippen molar-refractivity contribution in [1.82, 2.24) is 0 Å². The summed E-state index contributed by atoms with van der Waals surface area (Å²) >= 11 is 1.64. The van der Waals surface area contributed by atoms with E-state index in [-0.39, 0.29) is 5.97 Å². The molecule has 16 heavy (non-hydrogen) atoms. The number of anilines is 1. The van der Waals surface area contributed by atoms with Crippen LogP contribution < -0.4 is 5.73 Å². The second-order valence-electron chi connectivity index (χ2n) is 3.03. The van der Waals surface area contributed by atoms with Gasteiger partial charge in [-0.1, -0.05) is 6.08 Å². The molecule has 0 heterocycles. The van der Waals surface area contributed by atoms with E-state index in [1.54, 1.807) is 24.8 Å². The summed E-state index contributed by atoms with van der Waals surface area (Å²) in [7, 11) is 0. The van der Waals surface area contributed by atoms with Gasteiger partial charge in [-0.2, -0.15) is 0 Å². The molecule has 1 rings (SSSR count). The minimum Gasteiger partial charge on any atom is -0.463 e. The smallest absolute Gasteiger partial charge is 0.330 e. The molecule has 0 amide bonds. The Morgan fingerprint density at radius 2 is 2.12 bits per heavy atom. The van der Waals surface area contributed by atoms with Crippen molar-refractivity contribution in [3.8, 4) is 0 Å². The Kier molecular flexibility index (Phi) is 5.50. The fraction of sp³-hybridized carbons (Fsp3) is 0.250. The summed E-state index contributed by atoms with van der Waals surface area (Å²) in [4.78, 5) is 12.1. The highest BCUT2D eigenvalue weighted by Gasteiger charge is 1.94. The van der Waals surface area contributed by atoms with E-state index >= 15 is 0 Å². The molecule has 0 saturated heterocycles. The van der Waals surface area contributed by atoms with Gasteiger partial charge in [0.25, 0.3) is 0 Å². The van der Waals surface area contributed by atoms with Crippen LogP contribution in [0.3, 0.4) is 0 Å². The number of nitrogens with two attached hydrogens (primary N) is 1. The molecule has 0 radical (unpaired) electrons. The third-order valence-electron chi connectivity index (χ3n) is 1.77. The van der Waals surface area contributed by atoms with E-state index in [0.717, 1.165) is 16.3 Å². The van der Waals surface area contributed by atoms with Crippen LogP contribution in [0.5, 0.6) is 0 Å². The molecule has 2 N–H and O–H groups in total. The molecule has 0 aliphatic rings. The molecule has 0 aromatic heterocycles. The van der Waals surface area contributed by atoms with Crippen LogP contribution in [-0.4, -0.2) is 18.3 Å². The van der Waals surface area contributed by atoms with Gasteiger partial charge in [0.2, 0.25) is 0 Å². The highest BCUT2D eigenvalue weighted by atomic mass is 32.2. The first-order valence-electron chi connectivity index (χ1n) is 5.04. The van der Waals surface area contributed by atoms with Crippen molar-refractivity contribution in [2.75, 3.05) is 18.1 Å². The maximum Gasteiger partial charge on any atom is 0.330 e. The highest BCUT2D eigenvalue weighted by molar-refractivity contribution is 7.99. The average molecular weight is 237 g/mol. The van der Waals surface area contributed by atoms with Crippen LogP contribution in [0.1, 0.15) is 6.92 Å². The molecular weight excluding hydrogens is 222 g/mol. The summed E-state index contributed by atoms with van der Waals surface area (Å²) in [5.41, 5.74) is 6.33. The van der Waals surface area contributed by atoms with Crippen LogP contribution in [0.4, 0.5) is 5.69 Å². The Bertz CT molecular complexity index is 360. The molecule has 0 bridgehead atoms. The molecule has 0 unspecified atom stereocenters. The summed E-state index contributed by atoms with van der Waals surface area (Å²) in [5.74, 6) is 0.448. The normalized spacial score (nSPS) is 10.6. The first kappa shape index (κ1) is 12.6. The molecule has 0 atom stereocenters. The van der Waals surface area contributed by atoms with Gasteiger partial charge in [0.05, 0.1) is 6.61 Å². The largest absolute Gasteiger partial charge is 0.463 e. The van der Waals surface area contributed by atoms with E-state index in [1.807, 2.05) is 24.3 Å².